The van der Waals surface area contributed by atoms with Crippen molar-refractivity contribution < 1.29 is 22.8 Å². The summed E-state index contributed by atoms with van der Waals surface area (Å²) >= 11 is 2.50. The molecule has 0 radical (unpaired) electrons. The van der Waals surface area contributed by atoms with E-state index in [1.54, 1.807) is 0 Å². The molecule has 1 aromatic heterocycles. The quantitative estimate of drug-likeness (QED) is 0.552. The minimum Gasteiger partial charge on any atom is -0.360 e. The standard InChI is InChI=1S/C18H22F3N5O2S2/c1-11(2)8-22-16-24-25-17(30-16)29-10-15(28)26(3)9-14(27)23-13-7-5-4-6-12(13)18(19,20)21/h4-7,11H,8-10H2,1-3H3,(H,22,24)(H,23,27). The van der Waals surface area contributed by atoms with E-state index in [4.69, 9.17) is 0 Å². The zero-order valence-electron chi connectivity index (χ0n) is 16.6. The largest absolute Gasteiger partial charge is 0.418 e. The number of nitrogens with one attached hydrogen (secondary N) is 2. The minimum atomic E-state index is -4.59. The van der Waals surface area contributed by atoms with Crippen molar-refractivity contribution >= 4 is 45.7 Å². The average Bonchev–Trinajstić information content (AvgIpc) is 3.11. The van der Waals surface area contributed by atoms with Gasteiger partial charge in [-0.3, -0.25) is 9.59 Å². The SMILES string of the molecule is CC(C)CNc1nnc(SCC(=O)N(C)CC(=O)Nc2ccccc2C(F)(F)F)s1. The fourth-order valence-electron chi connectivity index (χ4n) is 2.20. The van der Waals surface area contributed by atoms with E-state index in [0.29, 0.717) is 15.4 Å². The van der Waals surface area contributed by atoms with Crippen molar-refractivity contribution in [3.63, 3.8) is 0 Å². The van der Waals surface area contributed by atoms with Gasteiger partial charge in [0.2, 0.25) is 16.9 Å². The van der Waals surface area contributed by atoms with Gasteiger partial charge in [-0.1, -0.05) is 49.1 Å². The lowest BCUT2D eigenvalue weighted by atomic mass is 10.1. The van der Waals surface area contributed by atoms with Crippen molar-refractivity contribution in [1.29, 1.82) is 0 Å². The number of hydrogen-bond acceptors (Lipinski definition) is 7. The Morgan fingerprint density at radius 1 is 1.23 bits per heavy atom. The third-order valence-electron chi connectivity index (χ3n) is 3.70. The number of amides is 2. The number of aromatic nitrogens is 2. The second kappa shape index (κ2) is 10.6. The molecule has 0 aliphatic heterocycles. The minimum absolute atomic E-state index is 0.0295. The van der Waals surface area contributed by atoms with Gasteiger partial charge in [0.15, 0.2) is 4.34 Å². The molecule has 2 amide bonds. The summed E-state index contributed by atoms with van der Waals surface area (Å²) in [5.74, 6) is -0.592. The van der Waals surface area contributed by atoms with Crippen LogP contribution in [0.4, 0.5) is 24.0 Å². The predicted molar refractivity (Wildman–Crippen MR) is 112 cm³/mol. The van der Waals surface area contributed by atoms with E-state index in [1.807, 2.05) is 0 Å². The normalized spacial score (nSPS) is 11.4. The zero-order chi connectivity index (χ0) is 22.3. The maximum atomic E-state index is 13.0. The molecule has 0 saturated heterocycles. The van der Waals surface area contributed by atoms with E-state index in [1.165, 1.54) is 48.3 Å². The molecule has 2 N–H and O–H groups in total. The molecule has 0 atom stereocenters. The topological polar surface area (TPSA) is 87.2 Å². The Hall–Kier alpha value is -2.34. The summed E-state index contributed by atoms with van der Waals surface area (Å²) < 4.78 is 39.6. The Morgan fingerprint density at radius 3 is 2.60 bits per heavy atom. The van der Waals surface area contributed by atoms with Gasteiger partial charge in [-0.2, -0.15) is 13.2 Å². The van der Waals surface area contributed by atoms with Gasteiger partial charge < -0.3 is 15.5 Å². The molecule has 0 aliphatic rings. The molecule has 2 rings (SSSR count). The van der Waals surface area contributed by atoms with Gasteiger partial charge in [0.05, 0.1) is 23.5 Å². The van der Waals surface area contributed by atoms with Crippen LogP contribution >= 0.6 is 23.1 Å². The number of thioether (sulfide) groups is 1. The lowest BCUT2D eigenvalue weighted by Gasteiger charge is -2.18. The second-order valence-corrected chi connectivity index (χ2v) is 8.98. The van der Waals surface area contributed by atoms with E-state index in [9.17, 15) is 22.8 Å². The van der Waals surface area contributed by atoms with E-state index >= 15 is 0 Å². The van der Waals surface area contributed by atoms with Crippen LogP contribution in [0, 0.1) is 5.92 Å². The van der Waals surface area contributed by atoms with Crippen LogP contribution in [-0.2, 0) is 15.8 Å². The highest BCUT2D eigenvalue weighted by atomic mass is 32.2. The Labute approximate surface area is 180 Å². The first kappa shape index (κ1) is 23.9. The molecule has 30 heavy (non-hydrogen) atoms. The number of anilines is 2. The third-order valence-corrected chi connectivity index (χ3v) is 5.70. The maximum absolute atomic E-state index is 13.0. The number of para-hydroxylation sites is 1. The van der Waals surface area contributed by atoms with E-state index in [0.717, 1.165) is 17.5 Å². The summed E-state index contributed by atoms with van der Waals surface area (Å²) in [4.78, 5) is 25.5. The highest BCUT2D eigenvalue weighted by molar-refractivity contribution is 8.01. The predicted octanol–water partition coefficient (Wildman–Crippen LogP) is 3.81. The van der Waals surface area contributed by atoms with Gasteiger partial charge in [0.1, 0.15) is 0 Å². The first-order valence-corrected chi connectivity index (χ1v) is 10.8. The maximum Gasteiger partial charge on any atom is 0.418 e. The highest BCUT2D eigenvalue weighted by Crippen LogP contribution is 2.34. The smallest absolute Gasteiger partial charge is 0.360 e. The van der Waals surface area contributed by atoms with E-state index in [2.05, 4.69) is 34.7 Å². The first-order chi connectivity index (χ1) is 14.1. The van der Waals surface area contributed by atoms with Gasteiger partial charge in [0, 0.05) is 13.6 Å². The van der Waals surface area contributed by atoms with Crippen molar-refractivity contribution in [2.24, 2.45) is 5.92 Å². The van der Waals surface area contributed by atoms with Crippen molar-refractivity contribution in [2.45, 2.75) is 24.4 Å². The summed E-state index contributed by atoms with van der Waals surface area (Å²) in [5, 5.41) is 14.0. The summed E-state index contributed by atoms with van der Waals surface area (Å²) in [6.07, 6.45) is -4.59. The van der Waals surface area contributed by atoms with Crippen LogP contribution in [0.15, 0.2) is 28.6 Å². The molecule has 1 heterocycles. The third kappa shape index (κ3) is 7.48. The van der Waals surface area contributed by atoms with Crippen molar-refractivity contribution in [2.75, 3.05) is 36.5 Å². The lowest BCUT2D eigenvalue weighted by Crippen LogP contribution is -2.36. The number of likely N-dealkylation sites (N-methyl/N-ethyl adjacent to an activating group) is 1. The molecule has 0 unspecified atom stereocenters. The highest BCUT2D eigenvalue weighted by Gasteiger charge is 2.33. The molecular formula is C18H22F3N5O2S2. The summed E-state index contributed by atoms with van der Waals surface area (Å²) in [7, 11) is 1.41. The van der Waals surface area contributed by atoms with Crippen LogP contribution in [0.2, 0.25) is 0 Å². The van der Waals surface area contributed by atoms with Gasteiger partial charge >= 0.3 is 6.18 Å². The van der Waals surface area contributed by atoms with Gasteiger partial charge in [0.25, 0.3) is 0 Å². The molecule has 2 aromatic rings. The Morgan fingerprint density at radius 2 is 1.93 bits per heavy atom. The van der Waals surface area contributed by atoms with Crippen molar-refractivity contribution in [3.8, 4) is 0 Å². The number of rotatable bonds is 9. The second-order valence-electron chi connectivity index (χ2n) is 6.78. The molecule has 1 aromatic carbocycles. The molecular weight excluding hydrogens is 439 g/mol. The summed E-state index contributed by atoms with van der Waals surface area (Å²) in [6, 6.07) is 4.68. The average molecular weight is 462 g/mol. The lowest BCUT2D eigenvalue weighted by molar-refractivity contribution is -0.137. The summed E-state index contributed by atoms with van der Waals surface area (Å²) in [6.45, 7) is 4.52. The number of hydrogen-bond donors (Lipinski definition) is 2. The number of nitrogens with zero attached hydrogens (tertiary/aromatic N) is 3. The van der Waals surface area contributed by atoms with Crippen LogP contribution < -0.4 is 10.6 Å². The number of benzene rings is 1. The summed E-state index contributed by atoms with van der Waals surface area (Å²) in [5.41, 5.74) is -1.29. The van der Waals surface area contributed by atoms with Crippen molar-refractivity contribution in [3.05, 3.63) is 29.8 Å². The molecule has 0 bridgehead atoms. The first-order valence-electron chi connectivity index (χ1n) is 8.96. The van der Waals surface area contributed by atoms with Crippen LogP contribution in [0.3, 0.4) is 0 Å². The van der Waals surface area contributed by atoms with Crippen LogP contribution in [-0.4, -0.2) is 52.8 Å². The van der Waals surface area contributed by atoms with Crippen molar-refractivity contribution in [1.82, 2.24) is 15.1 Å². The molecule has 164 valence electrons. The van der Waals surface area contributed by atoms with Crippen LogP contribution in [0.25, 0.3) is 0 Å². The monoisotopic (exact) mass is 461 g/mol. The molecule has 12 heteroatoms. The number of halogens is 3. The molecule has 0 fully saturated rings. The Bertz CT molecular complexity index is 874. The molecule has 0 spiro atoms. The number of carbonyl (C=O) groups is 2. The van der Waals surface area contributed by atoms with Gasteiger partial charge in [-0.05, 0) is 18.1 Å². The fraction of sp³-hybridized carbons (Fsp3) is 0.444. The Kier molecular flexibility index (Phi) is 8.47. The van der Waals surface area contributed by atoms with Crippen LogP contribution in [0.1, 0.15) is 19.4 Å². The van der Waals surface area contributed by atoms with Gasteiger partial charge in [-0.15, -0.1) is 10.2 Å². The molecule has 0 aliphatic carbocycles. The van der Waals surface area contributed by atoms with Crippen LogP contribution in [0.5, 0.6) is 0 Å². The molecule has 0 saturated carbocycles. The van der Waals surface area contributed by atoms with E-state index in [-0.39, 0.29) is 23.9 Å². The molecule has 7 nitrogen and oxygen atoms in total. The van der Waals surface area contributed by atoms with E-state index < -0.39 is 17.6 Å². The fourth-order valence-corrected chi connectivity index (χ4v) is 3.90. The zero-order valence-corrected chi connectivity index (χ0v) is 18.2. The Balaban J connectivity index is 1.84. The number of carbonyl (C=O) groups excluding carboxylic acids is 2. The van der Waals surface area contributed by atoms with Gasteiger partial charge in [-0.25, -0.2) is 0 Å². The number of alkyl halides is 3.